The number of anilines is 1. The molecule has 0 saturated carbocycles. The van der Waals surface area contributed by atoms with Crippen molar-refractivity contribution in [2.24, 2.45) is 0 Å². The highest BCUT2D eigenvalue weighted by Gasteiger charge is 2.30. The maximum absolute atomic E-state index is 11.7. The third kappa shape index (κ3) is 4.72. The molecule has 2 atom stereocenters. The Kier molecular flexibility index (Phi) is 7.33. The van der Waals surface area contributed by atoms with E-state index in [0.717, 1.165) is 0 Å². The van der Waals surface area contributed by atoms with Crippen molar-refractivity contribution in [3.63, 3.8) is 0 Å². The Bertz CT molecular complexity index is 1240. The van der Waals surface area contributed by atoms with Crippen molar-refractivity contribution < 1.29 is 19.0 Å². The number of benzene rings is 2. The molecule has 0 aliphatic carbocycles. The van der Waals surface area contributed by atoms with E-state index in [1.807, 2.05) is 6.07 Å². The molecule has 4 rings (SSSR count). The molecule has 1 aromatic heterocycles. The van der Waals surface area contributed by atoms with Crippen LogP contribution in [0.4, 0.5) is 5.95 Å². The van der Waals surface area contributed by atoms with Crippen LogP contribution in [0.2, 0.25) is 15.1 Å². The Morgan fingerprint density at radius 2 is 1.79 bits per heavy atom. The third-order valence-electron chi connectivity index (χ3n) is 5.41. The fourth-order valence-electron chi connectivity index (χ4n) is 3.70. The summed E-state index contributed by atoms with van der Waals surface area (Å²) in [4.78, 5) is 20.6. The maximum Gasteiger partial charge on any atom is 0.243 e. The van der Waals surface area contributed by atoms with Gasteiger partial charge in [0.1, 0.15) is 11.5 Å². The van der Waals surface area contributed by atoms with Crippen LogP contribution >= 0.6 is 34.8 Å². The molecule has 1 fully saturated rings. The van der Waals surface area contributed by atoms with Gasteiger partial charge in [0.05, 0.1) is 60.1 Å². The molecule has 1 aliphatic rings. The lowest BCUT2D eigenvalue weighted by molar-refractivity contribution is -0.117. The summed E-state index contributed by atoms with van der Waals surface area (Å²) >= 11 is 19.7. The van der Waals surface area contributed by atoms with E-state index in [4.69, 9.17) is 49.0 Å². The van der Waals surface area contributed by atoms with Crippen molar-refractivity contribution in [1.82, 2.24) is 15.3 Å². The molecule has 1 saturated heterocycles. The van der Waals surface area contributed by atoms with E-state index in [-0.39, 0.29) is 18.0 Å². The van der Waals surface area contributed by atoms with Gasteiger partial charge >= 0.3 is 0 Å². The Hall–Kier alpha value is -2.78. The number of nitrogens with one attached hydrogen (secondary N) is 2. The van der Waals surface area contributed by atoms with Gasteiger partial charge in [-0.2, -0.15) is 0 Å². The first kappa shape index (κ1) is 24.3. The number of nitrogens with zero attached hydrogens (tertiary/aromatic N) is 2. The van der Waals surface area contributed by atoms with Crippen LogP contribution in [-0.2, 0) is 9.53 Å². The smallest absolute Gasteiger partial charge is 0.243 e. The fraction of sp³-hybridized carbons (Fsp3) is 0.261. The lowest BCUT2D eigenvalue weighted by atomic mass is 10.0. The summed E-state index contributed by atoms with van der Waals surface area (Å²) in [7, 11) is 3.02. The molecule has 11 heteroatoms. The number of amides is 1. The van der Waals surface area contributed by atoms with Gasteiger partial charge in [-0.15, -0.1) is 0 Å². The molecule has 2 N–H and O–H groups in total. The van der Waals surface area contributed by atoms with Gasteiger partial charge < -0.3 is 24.8 Å². The van der Waals surface area contributed by atoms with Crippen molar-refractivity contribution in [2.75, 3.05) is 32.8 Å². The largest absolute Gasteiger partial charge is 0.495 e. The molecule has 0 unspecified atom stereocenters. The Morgan fingerprint density at radius 1 is 1.12 bits per heavy atom. The number of aromatic nitrogens is 2. The molecule has 0 spiro atoms. The van der Waals surface area contributed by atoms with Crippen LogP contribution in [0.15, 0.2) is 37.1 Å². The summed E-state index contributed by atoms with van der Waals surface area (Å²) in [5.41, 5.74) is 1.72. The molecule has 0 bridgehead atoms. The molecule has 1 aliphatic heterocycles. The van der Waals surface area contributed by atoms with Crippen LogP contribution in [0.3, 0.4) is 0 Å². The first-order valence-electron chi connectivity index (χ1n) is 10.2. The van der Waals surface area contributed by atoms with Gasteiger partial charge in [-0.05, 0) is 23.8 Å². The number of fused-ring (bicyclic) bond motifs is 1. The van der Waals surface area contributed by atoms with Crippen molar-refractivity contribution in [3.05, 3.63) is 52.1 Å². The van der Waals surface area contributed by atoms with Gasteiger partial charge in [-0.25, -0.2) is 9.97 Å². The van der Waals surface area contributed by atoms with Crippen LogP contribution < -0.4 is 20.1 Å². The summed E-state index contributed by atoms with van der Waals surface area (Å²) in [6.07, 6.45) is 2.86. The van der Waals surface area contributed by atoms with Gasteiger partial charge in [0.15, 0.2) is 0 Å². The molecule has 34 heavy (non-hydrogen) atoms. The summed E-state index contributed by atoms with van der Waals surface area (Å²) in [6, 6.07) is 4.73. The van der Waals surface area contributed by atoms with Gasteiger partial charge in [0.2, 0.25) is 11.9 Å². The van der Waals surface area contributed by atoms with Crippen LogP contribution in [0.5, 0.6) is 11.5 Å². The van der Waals surface area contributed by atoms with E-state index in [1.165, 1.54) is 20.3 Å². The van der Waals surface area contributed by atoms with Gasteiger partial charge in [-0.1, -0.05) is 41.4 Å². The second-order valence-corrected chi connectivity index (χ2v) is 8.64. The molecule has 2 heterocycles. The number of hydrogen-bond donors (Lipinski definition) is 2. The lowest BCUT2D eigenvalue weighted by Crippen LogP contribution is -2.45. The first-order chi connectivity index (χ1) is 16.4. The van der Waals surface area contributed by atoms with E-state index in [0.29, 0.717) is 67.8 Å². The van der Waals surface area contributed by atoms with E-state index in [9.17, 15) is 4.79 Å². The highest BCUT2D eigenvalue weighted by molar-refractivity contribution is 6.41. The number of carbonyl (C=O) groups excluding carboxylic acids is 1. The molecular formula is C23H21Cl3N4O4. The number of rotatable bonds is 7. The number of ether oxygens (including phenoxy) is 3. The van der Waals surface area contributed by atoms with Crippen molar-refractivity contribution in [2.45, 2.75) is 12.1 Å². The molecule has 3 aromatic rings. The van der Waals surface area contributed by atoms with E-state index < -0.39 is 0 Å². The molecule has 1 amide bonds. The minimum atomic E-state index is -0.274. The Labute approximate surface area is 211 Å². The van der Waals surface area contributed by atoms with Crippen LogP contribution in [0, 0.1) is 0 Å². The summed E-state index contributed by atoms with van der Waals surface area (Å²) in [6.45, 7) is 4.24. The number of carbonyl (C=O) groups is 1. The van der Waals surface area contributed by atoms with Crippen molar-refractivity contribution in [1.29, 1.82) is 0 Å². The lowest BCUT2D eigenvalue weighted by Gasteiger charge is -2.20. The van der Waals surface area contributed by atoms with Gasteiger partial charge in [0.25, 0.3) is 0 Å². The molecule has 0 radical (unpaired) electrons. The van der Waals surface area contributed by atoms with Gasteiger partial charge in [0, 0.05) is 23.2 Å². The maximum atomic E-state index is 11.7. The number of halogens is 3. The predicted octanol–water partition coefficient (Wildman–Crippen LogP) is 4.76. The zero-order valence-corrected chi connectivity index (χ0v) is 20.6. The topological polar surface area (TPSA) is 94.6 Å². The second kappa shape index (κ2) is 10.2. The predicted molar refractivity (Wildman–Crippen MR) is 133 cm³/mol. The van der Waals surface area contributed by atoms with Gasteiger partial charge in [-0.3, -0.25) is 4.79 Å². The van der Waals surface area contributed by atoms with Crippen LogP contribution in [0.25, 0.3) is 22.0 Å². The average Bonchev–Trinajstić information content (AvgIpc) is 3.26. The Balaban J connectivity index is 1.69. The quantitative estimate of drug-likeness (QED) is 0.431. The normalized spacial score (nSPS) is 17.4. The SMILES string of the molecule is C=CC(=O)N[C@H]1COC[C@H]1Nc1ncc2cc(-c3c(Cl)c(OC)cc(OC)c3Cl)cc(Cl)c2n1. The summed E-state index contributed by atoms with van der Waals surface area (Å²) < 4.78 is 16.2. The highest BCUT2D eigenvalue weighted by atomic mass is 35.5. The molecule has 8 nitrogen and oxygen atoms in total. The van der Waals surface area contributed by atoms with E-state index in [1.54, 1.807) is 18.3 Å². The highest BCUT2D eigenvalue weighted by Crippen LogP contribution is 2.47. The second-order valence-electron chi connectivity index (χ2n) is 7.48. The standard InChI is InChI=1S/C23H21Cl3N4O4/c1-4-18(31)28-14-9-34-10-15(14)29-23-27-8-12-5-11(6-13(24)22(12)30-23)19-20(25)16(32-2)7-17(33-3)21(19)26/h4-8,14-15H,1,9-10H2,2-3H3,(H,28,31)(H,27,29,30)/t14-,15+/m0/s1. The summed E-state index contributed by atoms with van der Waals surface area (Å²) in [5, 5.41) is 7.76. The average molecular weight is 524 g/mol. The minimum Gasteiger partial charge on any atom is -0.495 e. The van der Waals surface area contributed by atoms with E-state index in [2.05, 4.69) is 27.2 Å². The van der Waals surface area contributed by atoms with Crippen molar-refractivity contribution in [3.8, 4) is 22.6 Å². The monoisotopic (exact) mass is 522 g/mol. The molecule has 2 aromatic carbocycles. The fourth-order valence-corrected chi connectivity index (χ4v) is 4.69. The number of hydrogen-bond acceptors (Lipinski definition) is 7. The Morgan fingerprint density at radius 3 is 2.44 bits per heavy atom. The van der Waals surface area contributed by atoms with Crippen LogP contribution in [-0.4, -0.2) is 55.4 Å². The molecular weight excluding hydrogens is 503 g/mol. The minimum absolute atomic E-state index is 0.207. The zero-order valence-electron chi connectivity index (χ0n) is 18.3. The van der Waals surface area contributed by atoms with E-state index >= 15 is 0 Å². The summed E-state index contributed by atoms with van der Waals surface area (Å²) in [5.74, 6) is 0.919. The van der Waals surface area contributed by atoms with Crippen LogP contribution in [0.1, 0.15) is 0 Å². The third-order valence-corrected chi connectivity index (χ3v) is 6.45. The zero-order chi connectivity index (χ0) is 24.4. The van der Waals surface area contributed by atoms with Crippen molar-refractivity contribution >= 4 is 57.6 Å². The number of methoxy groups -OCH3 is 2. The molecule has 178 valence electrons. The first-order valence-corrected chi connectivity index (χ1v) is 11.3.